The number of hydrogen-bond donors (Lipinski definition) is 3. The van der Waals surface area contributed by atoms with Gasteiger partial charge >= 0.3 is 0 Å². The van der Waals surface area contributed by atoms with Crippen LogP contribution in [0.3, 0.4) is 0 Å². The molecule has 0 aliphatic heterocycles. The average molecular weight is 398 g/mol. The van der Waals surface area contributed by atoms with Crippen molar-refractivity contribution in [1.29, 1.82) is 0 Å². The van der Waals surface area contributed by atoms with Crippen molar-refractivity contribution in [2.45, 2.75) is 6.42 Å². The smallest absolute Gasteiger partial charge is 0.269 e. The summed E-state index contributed by atoms with van der Waals surface area (Å²) >= 11 is 0. The van der Waals surface area contributed by atoms with E-state index in [2.05, 4.69) is 20.8 Å². The summed E-state index contributed by atoms with van der Waals surface area (Å²) in [6.07, 6.45) is -0.000521. The number of carbonyl (C=O) groups excluding carboxylic acids is 3. The minimum Gasteiger partial charge on any atom is -0.342 e. The molecule has 3 aromatic carbocycles. The van der Waals surface area contributed by atoms with Crippen LogP contribution in [0.2, 0.25) is 0 Å². The summed E-state index contributed by atoms with van der Waals surface area (Å²) in [7, 11) is 0. The van der Waals surface area contributed by atoms with Crippen molar-refractivity contribution in [2.24, 2.45) is 0 Å². The van der Waals surface area contributed by atoms with Gasteiger partial charge in [-0.05, 0) is 24.3 Å². The maximum atomic E-state index is 12.4. The number of aromatic nitrogens is 2. The molecule has 0 unspecified atom stereocenters. The Balaban J connectivity index is 1.33. The molecule has 3 N–H and O–H groups in total. The van der Waals surface area contributed by atoms with E-state index in [0.29, 0.717) is 22.5 Å². The standard InChI is InChI=1S/C23H18N4O3/c28-21(14-20-24-18-8-4-5-9-19(18)25-20)26-27-23(30)17-12-10-16(11-13-17)22(29)15-6-2-1-3-7-15/h1-13H,14H2,(H,24,25)(H,26,28)(H,27,30). The minimum atomic E-state index is -0.480. The van der Waals surface area contributed by atoms with Gasteiger partial charge in [0.15, 0.2) is 5.78 Å². The van der Waals surface area contributed by atoms with Crippen molar-refractivity contribution in [1.82, 2.24) is 20.8 Å². The van der Waals surface area contributed by atoms with Gasteiger partial charge in [-0.15, -0.1) is 0 Å². The first-order chi connectivity index (χ1) is 14.6. The molecule has 1 heterocycles. The molecule has 30 heavy (non-hydrogen) atoms. The number of hydrogen-bond acceptors (Lipinski definition) is 4. The third kappa shape index (κ3) is 4.25. The summed E-state index contributed by atoms with van der Waals surface area (Å²) in [6, 6.07) is 22.6. The average Bonchev–Trinajstić information content (AvgIpc) is 3.20. The zero-order chi connectivity index (χ0) is 20.9. The number of amides is 2. The van der Waals surface area contributed by atoms with Gasteiger partial charge in [0.1, 0.15) is 5.82 Å². The van der Waals surface area contributed by atoms with Gasteiger partial charge < -0.3 is 4.98 Å². The largest absolute Gasteiger partial charge is 0.342 e. The van der Waals surface area contributed by atoms with E-state index in [-0.39, 0.29) is 12.2 Å². The molecule has 0 spiro atoms. The van der Waals surface area contributed by atoms with E-state index in [9.17, 15) is 14.4 Å². The van der Waals surface area contributed by atoms with E-state index in [4.69, 9.17) is 0 Å². The molecule has 0 saturated heterocycles. The molecule has 7 nitrogen and oxygen atoms in total. The molecule has 4 aromatic rings. The van der Waals surface area contributed by atoms with Crippen molar-refractivity contribution in [3.63, 3.8) is 0 Å². The van der Waals surface area contributed by atoms with Gasteiger partial charge in [0.2, 0.25) is 5.91 Å². The van der Waals surface area contributed by atoms with Crippen LogP contribution in [0.5, 0.6) is 0 Å². The van der Waals surface area contributed by atoms with E-state index >= 15 is 0 Å². The van der Waals surface area contributed by atoms with Crippen LogP contribution in [-0.4, -0.2) is 27.6 Å². The number of rotatable bonds is 5. The first-order valence-electron chi connectivity index (χ1n) is 9.33. The lowest BCUT2D eigenvalue weighted by atomic mass is 10.0. The van der Waals surface area contributed by atoms with E-state index in [1.165, 1.54) is 12.1 Å². The van der Waals surface area contributed by atoms with E-state index in [1.807, 2.05) is 30.3 Å². The van der Waals surface area contributed by atoms with E-state index in [0.717, 1.165) is 11.0 Å². The molecule has 0 saturated carbocycles. The highest BCUT2D eigenvalue weighted by Crippen LogP contribution is 2.12. The summed E-state index contributed by atoms with van der Waals surface area (Å²) in [6.45, 7) is 0. The second kappa shape index (κ2) is 8.40. The molecular formula is C23H18N4O3. The monoisotopic (exact) mass is 398 g/mol. The lowest BCUT2D eigenvalue weighted by Gasteiger charge is -2.07. The molecule has 1 aromatic heterocycles. The number of para-hydroxylation sites is 2. The topological polar surface area (TPSA) is 104 Å². The molecule has 148 valence electrons. The van der Waals surface area contributed by atoms with Crippen LogP contribution in [0.1, 0.15) is 32.1 Å². The number of imidazole rings is 1. The molecule has 0 fully saturated rings. The number of nitrogens with zero attached hydrogens (tertiary/aromatic N) is 1. The summed E-state index contributed by atoms with van der Waals surface area (Å²) in [4.78, 5) is 44.2. The third-order valence-electron chi connectivity index (χ3n) is 4.53. The Kier molecular flexibility index (Phi) is 5.34. The van der Waals surface area contributed by atoms with E-state index < -0.39 is 11.8 Å². The molecule has 0 radical (unpaired) electrons. The summed E-state index contributed by atoms with van der Waals surface area (Å²) < 4.78 is 0. The van der Waals surface area contributed by atoms with Crippen LogP contribution in [0.25, 0.3) is 11.0 Å². The lowest BCUT2D eigenvalue weighted by molar-refractivity contribution is -0.121. The highest BCUT2D eigenvalue weighted by molar-refractivity contribution is 6.09. The highest BCUT2D eigenvalue weighted by atomic mass is 16.2. The molecule has 0 aliphatic carbocycles. The fraction of sp³-hybridized carbons (Fsp3) is 0.0435. The van der Waals surface area contributed by atoms with Crippen molar-refractivity contribution >= 4 is 28.6 Å². The summed E-state index contributed by atoms with van der Waals surface area (Å²) in [5.41, 5.74) is 7.73. The van der Waals surface area contributed by atoms with Crippen molar-refractivity contribution in [3.8, 4) is 0 Å². The highest BCUT2D eigenvalue weighted by Gasteiger charge is 2.12. The van der Waals surface area contributed by atoms with Crippen LogP contribution in [0, 0.1) is 0 Å². The quantitative estimate of drug-likeness (QED) is 0.355. The van der Waals surface area contributed by atoms with Crippen molar-refractivity contribution in [3.05, 3.63) is 101 Å². The Bertz CT molecular complexity index is 1180. The van der Waals surface area contributed by atoms with Gasteiger partial charge in [0, 0.05) is 16.7 Å². The first kappa shape index (κ1) is 19.1. The molecule has 2 amide bonds. The SMILES string of the molecule is O=C(Cc1nc2ccccc2[nH]1)NNC(=O)c1ccc(C(=O)c2ccccc2)cc1. The van der Waals surface area contributed by atoms with Crippen LogP contribution < -0.4 is 10.9 Å². The number of fused-ring (bicyclic) bond motifs is 1. The maximum Gasteiger partial charge on any atom is 0.269 e. The van der Waals surface area contributed by atoms with Gasteiger partial charge in [-0.1, -0.05) is 54.6 Å². The predicted octanol–water partition coefficient (Wildman–Crippen LogP) is 2.80. The number of nitrogens with one attached hydrogen (secondary N) is 3. The number of carbonyl (C=O) groups is 3. The number of aromatic amines is 1. The molecular weight excluding hydrogens is 380 g/mol. The zero-order valence-corrected chi connectivity index (χ0v) is 15.9. The minimum absolute atomic E-state index is 0.000521. The number of hydrazine groups is 1. The van der Waals surface area contributed by atoms with Crippen LogP contribution in [0.15, 0.2) is 78.9 Å². The second-order valence-corrected chi connectivity index (χ2v) is 6.65. The second-order valence-electron chi connectivity index (χ2n) is 6.65. The summed E-state index contributed by atoms with van der Waals surface area (Å²) in [5.74, 6) is -0.502. The molecule has 0 atom stereocenters. The van der Waals surface area contributed by atoms with Gasteiger partial charge in [-0.25, -0.2) is 4.98 Å². The molecule has 4 rings (SSSR count). The van der Waals surface area contributed by atoms with Crippen LogP contribution >= 0.6 is 0 Å². The number of benzene rings is 3. The molecule has 0 aliphatic rings. The zero-order valence-electron chi connectivity index (χ0n) is 15.9. The Morgan fingerprint density at radius 2 is 1.37 bits per heavy atom. The predicted molar refractivity (Wildman–Crippen MR) is 112 cm³/mol. The lowest BCUT2D eigenvalue weighted by Crippen LogP contribution is -2.42. The Morgan fingerprint density at radius 3 is 2.10 bits per heavy atom. The van der Waals surface area contributed by atoms with Crippen molar-refractivity contribution < 1.29 is 14.4 Å². The Morgan fingerprint density at radius 1 is 0.733 bits per heavy atom. The third-order valence-corrected chi connectivity index (χ3v) is 4.53. The van der Waals surface area contributed by atoms with Crippen molar-refractivity contribution in [2.75, 3.05) is 0 Å². The molecule has 7 heteroatoms. The first-order valence-corrected chi connectivity index (χ1v) is 9.33. The Labute approximate surface area is 172 Å². The van der Waals surface area contributed by atoms with Crippen LogP contribution in [-0.2, 0) is 11.2 Å². The fourth-order valence-electron chi connectivity index (χ4n) is 3.01. The fourth-order valence-corrected chi connectivity index (χ4v) is 3.01. The summed E-state index contributed by atoms with van der Waals surface area (Å²) in [5, 5.41) is 0. The van der Waals surface area contributed by atoms with Crippen LogP contribution in [0.4, 0.5) is 0 Å². The Hall–Kier alpha value is -4.26. The van der Waals surface area contributed by atoms with Gasteiger partial charge in [0.05, 0.1) is 17.5 Å². The maximum absolute atomic E-state index is 12.4. The van der Waals surface area contributed by atoms with E-state index in [1.54, 1.807) is 36.4 Å². The molecule has 0 bridgehead atoms. The normalized spacial score (nSPS) is 10.5. The number of ketones is 1. The van der Waals surface area contributed by atoms with Gasteiger partial charge in [-0.2, -0.15) is 0 Å². The van der Waals surface area contributed by atoms with Gasteiger partial charge in [-0.3, -0.25) is 25.2 Å². The van der Waals surface area contributed by atoms with Gasteiger partial charge in [0.25, 0.3) is 5.91 Å². The number of H-pyrrole nitrogens is 1.